The number of nitrogens with zero attached hydrogens (tertiary/aromatic N) is 7. The number of aromatic nitrogens is 2. The lowest BCUT2D eigenvalue weighted by Crippen LogP contribution is -2.28. The second kappa shape index (κ2) is 5.82. The van der Waals surface area contributed by atoms with E-state index in [1.807, 2.05) is 4.90 Å². The zero-order chi connectivity index (χ0) is 15.7. The van der Waals surface area contributed by atoms with E-state index in [1.54, 1.807) is 4.68 Å². The molecule has 0 bridgehead atoms. The summed E-state index contributed by atoms with van der Waals surface area (Å²) in [7, 11) is 0. The smallest absolute Gasteiger partial charge is 0.331 e. The number of aliphatic hydroxyl groups is 1. The molecule has 1 aliphatic carbocycles. The topological polar surface area (TPSA) is 133 Å². The maximum Gasteiger partial charge on any atom is 0.331 e. The Labute approximate surface area is 126 Å². The molecule has 2 atom stereocenters. The zero-order valence-electron chi connectivity index (χ0n) is 11.9. The first-order valence-electron chi connectivity index (χ1n) is 7.31. The van der Waals surface area contributed by atoms with Gasteiger partial charge in [0, 0.05) is 18.0 Å². The van der Waals surface area contributed by atoms with E-state index in [4.69, 9.17) is 5.53 Å². The van der Waals surface area contributed by atoms with Crippen molar-refractivity contribution in [2.24, 2.45) is 5.11 Å². The fourth-order valence-electron chi connectivity index (χ4n) is 2.85. The van der Waals surface area contributed by atoms with Gasteiger partial charge in [-0.15, -0.1) is 0 Å². The summed E-state index contributed by atoms with van der Waals surface area (Å²) in [5, 5.41) is 29.0. The van der Waals surface area contributed by atoms with Gasteiger partial charge in [-0.25, -0.2) is 4.68 Å². The van der Waals surface area contributed by atoms with E-state index in [9.17, 15) is 15.2 Å². The Morgan fingerprint density at radius 2 is 2.14 bits per heavy atom. The van der Waals surface area contributed by atoms with Gasteiger partial charge in [0.1, 0.15) is 6.20 Å². The number of anilines is 1. The summed E-state index contributed by atoms with van der Waals surface area (Å²) in [6.45, 7) is 0.956. The molecule has 0 radical (unpaired) electrons. The molecule has 0 amide bonds. The summed E-state index contributed by atoms with van der Waals surface area (Å²) in [5.41, 5.74) is 8.54. The van der Waals surface area contributed by atoms with Crippen LogP contribution in [0.5, 0.6) is 0 Å². The maximum atomic E-state index is 11.2. The van der Waals surface area contributed by atoms with Crippen molar-refractivity contribution in [2.45, 2.75) is 43.9 Å². The predicted molar refractivity (Wildman–Crippen MR) is 77.5 cm³/mol. The van der Waals surface area contributed by atoms with E-state index in [-0.39, 0.29) is 11.7 Å². The van der Waals surface area contributed by atoms with Gasteiger partial charge in [-0.3, -0.25) is 10.1 Å². The zero-order valence-corrected chi connectivity index (χ0v) is 11.9. The number of hydrogen-bond donors (Lipinski definition) is 1. The van der Waals surface area contributed by atoms with Crippen LogP contribution in [-0.2, 0) is 0 Å². The van der Waals surface area contributed by atoms with Gasteiger partial charge in [0.25, 0.3) is 0 Å². The molecule has 1 aromatic heterocycles. The molecule has 1 saturated heterocycles. The van der Waals surface area contributed by atoms with Crippen LogP contribution in [0.15, 0.2) is 11.3 Å². The molecule has 118 valence electrons. The van der Waals surface area contributed by atoms with Crippen molar-refractivity contribution in [3.63, 3.8) is 0 Å². The van der Waals surface area contributed by atoms with Crippen LogP contribution < -0.4 is 4.90 Å². The first-order valence-corrected chi connectivity index (χ1v) is 7.31. The lowest BCUT2D eigenvalue weighted by atomic mass is 10.1. The Balaban J connectivity index is 1.88. The highest BCUT2D eigenvalue weighted by Crippen LogP contribution is 2.41. The molecule has 1 saturated carbocycles. The molecule has 0 aromatic carbocycles. The monoisotopic (exact) mass is 307 g/mol. The van der Waals surface area contributed by atoms with Crippen molar-refractivity contribution in [1.82, 2.24) is 9.78 Å². The maximum absolute atomic E-state index is 11.2. The molecule has 10 heteroatoms. The normalized spacial score (nSPS) is 25.4. The molecule has 22 heavy (non-hydrogen) atoms. The molecule has 1 N–H and O–H groups in total. The molecule has 0 unspecified atom stereocenters. The third kappa shape index (κ3) is 2.70. The summed E-state index contributed by atoms with van der Waals surface area (Å²) >= 11 is 0. The molecule has 2 heterocycles. The van der Waals surface area contributed by atoms with Gasteiger partial charge in [-0.05, 0) is 31.2 Å². The highest BCUT2D eigenvalue weighted by atomic mass is 16.6. The average Bonchev–Trinajstić information content (AvgIpc) is 3.26. The Kier molecular flexibility index (Phi) is 3.86. The minimum Gasteiger partial charge on any atom is -0.393 e. The van der Waals surface area contributed by atoms with E-state index in [2.05, 4.69) is 15.1 Å². The van der Waals surface area contributed by atoms with Gasteiger partial charge in [0.2, 0.25) is 5.82 Å². The second-order valence-electron chi connectivity index (χ2n) is 5.69. The van der Waals surface area contributed by atoms with Crippen LogP contribution in [0.25, 0.3) is 10.4 Å². The molecule has 1 aromatic rings. The van der Waals surface area contributed by atoms with Gasteiger partial charge in [-0.1, -0.05) is 5.11 Å². The van der Waals surface area contributed by atoms with Crippen molar-refractivity contribution in [3.05, 3.63) is 26.8 Å². The summed E-state index contributed by atoms with van der Waals surface area (Å²) in [6.07, 6.45) is 3.37. The fraction of sp³-hybridized carbons (Fsp3) is 0.750. The van der Waals surface area contributed by atoms with Crippen LogP contribution in [0.2, 0.25) is 0 Å². The highest BCUT2D eigenvalue weighted by Gasteiger charge is 2.35. The number of azide groups is 1. The lowest BCUT2D eigenvalue weighted by molar-refractivity contribution is -0.384. The Morgan fingerprint density at radius 1 is 1.41 bits per heavy atom. The number of rotatable bonds is 4. The molecule has 3 rings (SSSR count). The van der Waals surface area contributed by atoms with E-state index in [0.717, 1.165) is 12.8 Å². The first-order chi connectivity index (χ1) is 10.6. The fourth-order valence-corrected chi connectivity index (χ4v) is 2.85. The van der Waals surface area contributed by atoms with Crippen molar-refractivity contribution >= 4 is 11.5 Å². The Morgan fingerprint density at radius 3 is 2.77 bits per heavy atom. The highest BCUT2D eigenvalue weighted by molar-refractivity contribution is 5.58. The van der Waals surface area contributed by atoms with Gasteiger partial charge in [0.15, 0.2) is 0 Å². The van der Waals surface area contributed by atoms with E-state index in [0.29, 0.717) is 31.7 Å². The Hall–Kier alpha value is -2.32. The summed E-state index contributed by atoms with van der Waals surface area (Å²) in [6, 6.07) is -0.267. The van der Waals surface area contributed by atoms with Crippen LogP contribution in [0.1, 0.15) is 31.7 Å². The quantitative estimate of drug-likeness (QED) is 0.297. The summed E-state index contributed by atoms with van der Waals surface area (Å²) in [4.78, 5) is 15.5. The van der Waals surface area contributed by atoms with Crippen LogP contribution in [0, 0.1) is 10.1 Å². The van der Waals surface area contributed by atoms with Gasteiger partial charge in [-0.2, -0.15) is 5.10 Å². The minimum atomic E-state index is -0.725. The van der Waals surface area contributed by atoms with Crippen LogP contribution in [-0.4, -0.2) is 45.0 Å². The predicted octanol–water partition coefficient (Wildman–Crippen LogP) is 1.77. The average molecular weight is 307 g/mol. The summed E-state index contributed by atoms with van der Waals surface area (Å²) in [5.74, 6) is 0.501. The lowest BCUT2D eigenvalue weighted by Gasteiger charge is -2.22. The molecule has 10 nitrogen and oxygen atoms in total. The molecule has 0 spiro atoms. The second-order valence-corrected chi connectivity index (χ2v) is 5.69. The van der Waals surface area contributed by atoms with E-state index < -0.39 is 17.1 Å². The molecule has 1 aliphatic heterocycles. The van der Waals surface area contributed by atoms with Crippen molar-refractivity contribution in [1.29, 1.82) is 0 Å². The van der Waals surface area contributed by atoms with Crippen LogP contribution in [0.3, 0.4) is 0 Å². The van der Waals surface area contributed by atoms with Gasteiger partial charge in [0.05, 0.1) is 23.1 Å². The van der Waals surface area contributed by atoms with Gasteiger partial charge < -0.3 is 10.0 Å². The van der Waals surface area contributed by atoms with Gasteiger partial charge >= 0.3 is 5.69 Å². The first kappa shape index (κ1) is 14.6. The Bertz CT molecular complexity index is 620. The molecule has 2 fully saturated rings. The number of hydrogen-bond acceptors (Lipinski definition) is 6. The third-order valence-electron chi connectivity index (χ3n) is 4.17. The van der Waals surface area contributed by atoms with E-state index in [1.165, 1.54) is 6.20 Å². The molecular weight excluding hydrogens is 290 g/mol. The van der Waals surface area contributed by atoms with Crippen molar-refractivity contribution in [2.75, 3.05) is 18.0 Å². The number of nitro groups is 1. The van der Waals surface area contributed by atoms with Crippen LogP contribution in [0.4, 0.5) is 11.5 Å². The standard InChI is InChI=1S/C12H17N7O3/c13-16-15-9-3-5-17(6-4-11(9)20)12-10(19(21)22)7-14-18(12)8-1-2-8/h7-9,11,20H,1-6H2/t9-,11-/m1/s1. The number of aliphatic hydroxyl groups excluding tert-OH is 1. The minimum absolute atomic E-state index is 0.0105. The molecule has 2 aliphatic rings. The largest absolute Gasteiger partial charge is 0.393 e. The summed E-state index contributed by atoms with van der Waals surface area (Å²) < 4.78 is 1.72. The van der Waals surface area contributed by atoms with Crippen LogP contribution >= 0.6 is 0 Å². The van der Waals surface area contributed by atoms with E-state index >= 15 is 0 Å². The van der Waals surface area contributed by atoms with Crippen molar-refractivity contribution < 1.29 is 10.0 Å². The third-order valence-corrected chi connectivity index (χ3v) is 4.17. The van der Waals surface area contributed by atoms with Crippen molar-refractivity contribution in [3.8, 4) is 0 Å². The SMILES string of the molecule is [N-]=[N+]=N[C@@H]1CCN(c2c([N+](=O)[O-])cnn2C2CC2)CC[C@H]1O. The molecular formula is C12H17N7O3.